The van der Waals surface area contributed by atoms with Crippen LogP contribution in [0.2, 0.25) is 0 Å². The van der Waals surface area contributed by atoms with Crippen molar-refractivity contribution >= 4 is 16.9 Å². The topological polar surface area (TPSA) is 104 Å². The highest BCUT2D eigenvalue weighted by Crippen LogP contribution is 2.36. The molecule has 0 fully saturated rings. The van der Waals surface area contributed by atoms with Gasteiger partial charge < -0.3 is 29.5 Å². The molecule has 0 unspecified atom stereocenters. The van der Waals surface area contributed by atoms with Gasteiger partial charge >= 0.3 is 5.97 Å². The van der Waals surface area contributed by atoms with Gasteiger partial charge in [0.1, 0.15) is 29.3 Å². The van der Waals surface area contributed by atoms with Crippen molar-refractivity contribution in [2.45, 2.75) is 45.4 Å². The Morgan fingerprint density at radius 2 is 1.82 bits per heavy atom. The second-order valence-electron chi connectivity index (χ2n) is 9.78. The maximum Gasteiger partial charge on any atom is 0.310 e. The summed E-state index contributed by atoms with van der Waals surface area (Å²) in [5.41, 5.74) is 10.00. The van der Waals surface area contributed by atoms with Crippen LogP contribution in [0.15, 0.2) is 71.1 Å². The SMILES string of the molecule is COCCCOC(=O)Cc1ccccc1OCc1cc(-c2cccc(CN)c2)c2oc(C(C)(C)O)cc2c1. The third-order valence-electron chi connectivity index (χ3n) is 6.21. The summed E-state index contributed by atoms with van der Waals surface area (Å²) in [7, 11) is 1.62. The number of aliphatic hydroxyl groups is 1. The first-order valence-corrected chi connectivity index (χ1v) is 12.7. The minimum absolute atomic E-state index is 0.121. The normalized spacial score (nSPS) is 11.6. The molecule has 38 heavy (non-hydrogen) atoms. The van der Waals surface area contributed by atoms with Gasteiger partial charge in [0, 0.05) is 43.2 Å². The molecule has 0 radical (unpaired) electrons. The Labute approximate surface area is 223 Å². The fraction of sp³-hybridized carbons (Fsp3) is 0.323. The molecule has 0 aliphatic heterocycles. The van der Waals surface area contributed by atoms with Crippen molar-refractivity contribution in [3.63, 3.8) is 0 Å². The van der Waals surface area contributed by atoms with Crippen LogP contribution in [0.5, 0.6) is 5.75 Å². The summed E-state index contributed by atoms with van der Waals surface area (Å²) >= 11 is 0. The molecule has 4 rings (SSSR count). The van der Waals surface area contributed by atoms with E-state index in [4.69, 9.17) is 24.4 Å². The van der Waals surface area contributed by atoms with E-state index < -0.39 is 5.60 Å². The van der Waals surface area contributed by atoms with Crippen molar-refractivity contribution < 1.29 is 28.5 Å². The summed E-state index contributed by atoms with van der Waals surface area (Å²) in [6, 6.07) is 21.4. The van der Waals surface area contributed by atoms with Gasteiger partial charge in [-0.15, -0.1) is 0 Å². The first kappa shape index (κ1) is 27.4. The molecule has 7 heteroatoms. The summed E-state index contributed by atoms with van der Waals surface area (Å²) < 4.78 is 22.6. The molecular weight excluding hydrogens is 482 g/mol. The first-order chi connectivity index (χ1) is 18.3. The number of methoxy groups -OCH3 is 1. The van der Waals surface area contributed by atoms with Crippen molar-refractivity contribution in [1.82, 2.24) is 0 Å². The van der Waals surface area contributed by atoms with Crippen molar-refractivity contribution in [2.75, 3.05) is 20.3 Å². The smallest absolute Gasteiger partial charge is 0.310 e. The predicted molar refractivity (Wildman–Crippen MR) is 147 cm³/mol. The van der Waals surface area contributed by atoms with Gasteiger partial charge in [-0.3, -0.25) is 4.79 Å². The maximum absolute atomic E-state index is 12.3. The van der Waals surface area contributed by atoms with Gasteiger partial charge in [0.25, 0.3) is 0 Å². The van der Waals surface area contributed by atoms with Gasteiger partial charge in [0.2, 0.25) is 0 Å². The maximum atomic E-state index is 12.3. The monoisotopic (exact) mass is 517 g/mol. The van der Waals surface area contributed by atoms with Crippen LogP contribution in [-0.4, -0.2) is 31.4 Å². The molecule has 1 heterocycles. The molecular formula is C31H35NO6. The lowest BCUT2D eigenvalue weighted by molar-refractivity contribution is -0.143. The Bertz CT molecular complexity index is 1380. The van der Waals surface area contributed by atoms with Gasteiger partial charge in [-0.25, -0.2) is 0 Å². The van der Waals surface area contributed by atoms with E-state index in [9.17, 15) is 9.90 Å². The molecule has 0 aliphatic carbocycles. The van der Waals surface area contributed by atoms with E-state index in [0.29, 0.717) is 43.3 Å². The largest absolute Gasteiger partial charge is 0.489 e. The lowest BCUT2D eigenvalue weighted by Crippen LogP contribution is -2.13. The van der Waals surface area contributed by atoms with E-state index in [1.165, 1.54) is 0 Å². The number of carbonyl (C=O) groups excluding carboxylic acids is 1. The Hall–Kier alpha value is -3.65. The number of benzene rings is 3. The molecule has 1 aromatic heterocycles. The highest BCUT2D eigenvalue weighted by atomic mass is 16.5. The third kappa shape index (κ3) is 6.81. The third-order valence-corrected chi connectivity index (χ3v) is 6.21. The number of ether oxygens (including phenoxy) is 3. The Morgan fingerprint density at radius 1 is 1.00 bits per heavy atom. The van der Waals surface area contributed by atoms with Gasteiger partial charge in [-0.1, -0.05) is 36.4 Å². The van der Waals surface area contributed by atoms with E-state index in [1.54, 1.807) is 21.0 Å². The minimum atomic E-state index is -1.12. The zero-order chi connectivity index (χ0) is 27.1. The Balaban J connectivity index is 1.60. The number of hydrogen-bond donors (Lipinski definition) is 2. The molecule has 0 spiro atoms. The number of carbonyl (C=O) groups is 1. The number of hydrogen-bond acceptors (Lipinski definition) is 7. The average Bonchev–Trinajstić information content (AvgIpc) is 3.35. The van der Waals surface area contributed by atoms with Crippen molar-refractivity contribution in [3.05, 3.63) is 89.2 Å². The molecule has 3 N–H and O–H groups in total. The molecule has 0 saturated carbocycles. The van der Waals surface area contributed by atoms with Crippen LogP contribution in [0.1, 0.15) is 42.7 Å². The second kappa shape index (κ2) is 12.3. The van der Waals surface area contributed by atoms with Gasteiger partial charge in [-0.2, -0.15) is 0 Å². The fourth-order valence-corrected chi connectivity index (χ4v) is 4.23. The first-order valence-electron chi connectivity index (χ1n) is 12.7. The predicted octanol–water partition coefficient (Wildman–Crippen LogP) is 5.49. The van der Waals surface area contributed by atoms with E-state index in [0.717, 1.165) is 33.2 Å². The van der Waals surface area contributed by atoms with E-state index >= 15 is 0 Å². The lowest BCUT2D eigenvalue weighted by Gasteiger charge is -2.13. The van der Waals surface area contributed by atoms with E-state index in [2.05, 4.69) is 0 Å². The lowest BCUT2D eigenvalue weighted by atomic mass is 9.98. The van der Waals surface area contributed by atoms with Crippen molar-refractivity contribution in [1.29, 1.82) is 0 Å². The number of rotatable bonds is 12. The highest BCUT2D eigenvalue weighted by Gasteiger charge is 2.23. The number of furan rings is 1. The van der Waals surface area contributed by atoms with Crippen LogP contribution in [0.3, 0.4) is 0 Å². The summed E-state index contributed by atoms with van der Waals surface area (Å²) in [5, 5.41) is 11.4. The number of para-hydroxylation sites is 1. The number of nitrogens with two attached hydrogens (primary N) is 1. The van der Waals surface area contributed by atoms with Crippen molar-refractivity contribution in [2.24, 2.45) is 5.73 Å². The van der Waals surface area contributed by atoms with Crippen LogP contribution in [-0.2, 0) is 39.4 Å². The quantitative estimate of drug-likeness (QED) is 0.189. The standard InChI is InChI=1S/C31H35NO6/c1-31(2,34)28-17-25-15-22(16-26(30(25)38-28)23-10-6-8-21(14-23)19-32)20-37-27-11-5-4-9-24(27)18-29(33)36-13-7-12-35-3/h4-6,8-11,14-17,34H,7,12-13,18-20,32H2,1-3H3. The van der Waals surface area contributed by atoms with Crippen molar-refractivity contribution in [3.8, 4) is 16.9 Å². The molecule has 7 nitrogen and oxygen atoms in total. The molecule has 3 aromatic carbocycles. The summed E-state index contributed by atoms with van der Waals surface area (Å²) in [4.78, 5) is 12.3. The Kier molecular flexibility index (Phi) is 8.84. The molecule has 200 valence electrons. The summed E-state index contributed by atoms with van der Waals surface area (Å²) in [6.07, 6.45) is 0.776. The van der Waals surface area contributed by atoms with Crippen LogP contribution >= 0.6 is 0 Å². The molecule has 4 aromatic rings. The number of esters is 1. The molecule has 0 saturated heterocycles. The zero-order valence-corrected chi connectivity index (χ0v) is 22.2. The average molecular weight is 518 g/mol. The van der Waals surface area contributed by atoms with E-state index in [-0.39, 0.29) is 19.0 Å². The number of fused-ring (bicyclic) bond motifs is 1. The van der Waals surface area contributed by atoms with E-state index in [1.807, 2.05) is 66.7 Å². The second-order valence-corrected chi connectivity index (χ2v) is 9.78. The van der Waals surface area contributed by atoms with Crippen LogP contribution in [0.4, 0.5) is 0 Å². The molecule has 0 amide bonds. The minimum Gasteiger partial charge on any atom is -0.489 e. The van der Waals surface area contributed by atoms with Gasteiger partial charge in [-0.05, 0) is 60.9 Å². The molecule has 0 atom stereocenters. The summed E-state index contributed by atoms with van der Waals surface area (Å²) in [6.45, 7) is 4.97. The molecule has 0 bridgehead atoms. The van der Waals surface area contributed by atoms with Crippen LogP contribution in [0.25, 0.3) is 22.1 Å². The highest BCUT2D eigenvalue weighted by molar-refractivity contribution is 5.94. The fourth-order valence-electron chi connectivity index (χ4n) is 4.23. The van der Waals surface area contributed by atoms with Gasteiger partial charge in [0.15, 0.2) is 0 Å². The summed E-state index contributed by atoms with van der Waals surface area (Å²) in [5.74, 6) is 0.798. The zero-order valence-electron chi connectivity index (χ0n) is 22.2. The van der Waals surface area contributed by atoms with Gasteiger partial charge in [0.05, 0.1) is 13.0 Å². The molecule has 0 aliphatic rings. The van der Waals surface area contributed by atoms with Crippen LogP contribution < -0.4 is 10.5 Å². The van der Waals surface area contributed by atoms with Crippen LogP contribution in [0, 0.1) is 0 Å². The Morgan fingerprint density at radius 3 is 2.58 bits per heavy atom.